The van der Waals surface area contributed by atoms with Crippen molar-refractivity contribution in [3.8, 4) is 5.75 Å². The molecule has 3 nitrogen and oxygen atoms in total. The lowest BCUT2D eigenvalue weighted by atomic mass is 9.80. The Bertz CT molecular complexity index is 256. The molecule has 62 valence electrons. The molecule has 0 radical (unpaired) electrons. The maximum Gasteiger partial charge on any atom is 0.488 e. The Hall–Kier alpha value is -1.26. The van der Waals surface area contributed by atoms with E-state index in [1.807, 2.05) is 0 Å². The Balaban J connectivity index is 2.78. The molecule has 0 fully saturated rings. The number of rotatable bonds is 3. The lowest BCUT2D eigenvalue weighted by molar-refractivity contribution is 0.425. The first-order valence-electron chi connectivity index (χ1n) is 3.47. The number of benzene rings is 1. The van der Waals surface area contributed by atoms with Gasteiger partial charge >= 0.3 is 7.12 Å². The summed E-state index contributed by atoms with van der Waals surface area (Å²) in [7, 11) is -1.43. The van der Waals surface area contributed by atoms with Crippen LogP contribution in [0.1, 0.15) is 0 Å². The van der Waals surface area contributed by atoms with Crippen LogP contribution in [0.2, 0.25) is 0 Å². The van der Waals surface area contributed by atoms with Crippen molar-refractivity contribution in [1.29, 1.82) is 0 Å². The molecule has 0 saturated heterocycles. The summed E-state index contributed by atoms with van der Waals surface area (Å²) in [5.41, 5.74) is 0.436. The molecule has 0 aliphatic rings. The second-order valence-corrected chi connectivity index (χ2v) is 2.23. The molecular weight excluding hydrogens is 155 g/mol. The zero-order valence-electron chi connectivity index (χ0n) is 6.47. The van der Waals surface area contributed by atoms with Gasteiger partial charge in [-0.2, -0.15) is 0 Å². The van der Waals surface area contributed by atoms with Gasteiger partial charge in [-0.05, 0) is 17.6 Å². The standard InChI is InChI=1S/C8H9BO3/c1-2-12-8-5-3-7(4-6-8)9(10)11/h2-6,10-11H,1H2. The van der Waals surface area contributed by atoms with Crippen LogP contribution in [-0.4, -0.2) is 17.2 Å². The normalized spacial score (nSPS) is 9.17. The van der Waals surface area contributed by atoms with Gasteiger partial charge in [-0.1, -0.05) is 18.7 Å². The maximum atomic E-state index is 8.74. The van der Waals surface area contributed by atoms with Crippen molar-refractivity contribution >= 4 is 12.6 Å². The van der Waals surface area contributed by atoms with E-state index in [0.29, 0.717) is 11.2 Å². The van der Waals surface area contributed by atoms with Crippen LogP contribution >= 0.6 is 0 Å². The molecule has 0 aliphatic carbocycles. The third kappa shape index (κ3) is 2.12. The van der Waals surface area contributed by atoms with E-state index in [0.717, 1.165) is 0 Å². The largest absolute Gasteiger partial charge is 0.488 e. The third-order valence-corrected chi connectivity index (χ3v) is 1.40. The first-order valence-corrected chi connectivity index (χ1v) is 3.47. The molecule has 0 bridgehead atoms. The summed E-state index contributed by atoms with van der Waals surface area (Å²) in [6.45, 7) is 3.39. The topological polar surface area (TPSA) is 49.7 Å². The molecule has 4 heteroatoms. The fraction of sp³-hybridized carbons (Fsp3) is 0. The van der Waals surface area contributed by atoms with Crippen LogP contribution in [0.25, 0.3) is 0 Å². The Kier molecular flexibility index (Phi) is 2.91. The molecule has 0 unspecified atom stereocenters. The van der Waals surface area contributed by atoms with E-state index in [9.17, 15) is 0 Å². The Morgan fingerprint density at radius 3 is 2.25 bits per heavy atom. The van der Waals surface area contributed by atoms with Crippen molar-refractivity contribution < 1.29 is 14.8 Å². The molecule has 1 rings (SSSR count). The highest BCUT2D eigenvalue weighted by atomic mass is 16.5. The summed E-state index contributed by atoms with van der Waals surface area (Å²) >= 11 is 0. The fourth-order valence-corrected chi connectivity index (χ4v) is 0.815. The van der Waals surface area contributed by atoms with Crippen LogP contribution in [-0.2, 0) is 0 Å². The molecule has 0 amide bonds. The van der Waals surface area contributed by atoms with Crippen LogP contribution in [0.4, 0.5) is 0 Å². The van der Waals surface area contributed by atoms with E-state index in [-0.39, 0.29) is 0 Å². The molecule has 0 saturated carbocycles. The summed E-state index contributed by atoms with van der Waals surface area (Å²) in [5, 5.41) is 17.5. The number of hydrogen-bond acceptors (Lipinski definition) is 3. The Morgan fingerprint density at radius 1 is 1.25 bits per heavy atom. The van der Waals surface area contributed by atoms with Crippen LogP contribution in [0.15, 0.2) is 37.1 Å². The minimum absolute atomic E-state index is 0.436. The maximum absolute atomic E-state index is 8.74. The van der Waals surface area contributed by atoms with Crippen LogP contribution < -0.4 is 10.2 Å². The summed E-state index contributed by atoms with van der Waals surface area (Å²) in [5.74, 6) is 0.620. The second kappa shape index (κ2) is 3.94. The minimum atomic E-state index is -1.43. The highest BCUT2D eigenvalue weighted by molar-refractivity contribution is 6.58. The summed E-state index contributed by atoms with van der Waals surface area (Å²) in [6.07, 6.45) is 1.31. The van der Waals surface area contributed by atoms with E-state index in [4.69, 9.17) is 14.8 Å². The summed E-state index contributed by atoms with van der Waals surface area (Å²) in [6, 6.07) is 6.42. The summed E-state index contributed by atoms with van der Waals surface area (Å²) in [4.78, 5) is 0. The second-order valence-electron chi connectivity index (χ2n) is 2.23. The van der Waals surface area contributed by atoms with E-state index in [2.05, 4.69) is 6.58 Å². The van der Waals surface area contributed by atoms with E-state index >= 15 is 0 Å². The Labute approximate surface area is 71.1 Å². The van der Waals surface area contributed by atoms with Gasteiger partial charge in [0.25, 0.3) is 0 Å². The van der Waals surface area contributed by atoms with E-state index in [1.165, 1.54) is 6.26 Å². The molecule has 0 spiro atoms. The van der Waals surface area contributed by atoms with Crippen molar-refractivity contribution in [2.24, 2.45) is 0 Å². The molecule has 12 heavy (non-hydrogen) atoms. The first kappa shape index (κ1) is 8.84. The van der Waals surface area contributed by atoms with Crippen molar-refractivity contribution in [2.75, 3.05) is 0 Å². The molecular formula is C8H9BO3. The van der Waals surface area contributed by atoms with Crippen molar-refractivity contribution in [3.63, 3.8) is 0 Å². The predicted molar refractivity (Wildman–Crippen MR) is 47.1 cm³/mol. The molecule has 1 aromatic rings. The monoisotopic (exact) mass is 164 g/mol. The SMILES string of the molecule is C=COc1ccc(B(O)O)cc1. The van der Waals surface area contributed by atoms with Gasteiger partial charge in [-0.25, -0.2) is 0 Å². The highest BCUT2D eigenvalue weighted by Crippen LogP contribution is 2.07. The van der Waals surface area contributed by atoms with Gasteiger partial charge in [0, 0.05) is 0 Å². The highest BCUT2D eigenvalue weighted by Gasteiger charge is 2.09. The van der Waals surface area contributed by atoms with E-state index in [1.54, 1.807) is 24.3 Å². The third-order valence-electron chi connectivity index (χ3n) is 1.40. The van der Waals surface area contributed by atoms with Gasteiger partial charge in [0.15, 0.2) is 0 Å². The quantitative estimate of drug-likeness (QED) is 0.484. The number of hydrogen-bond donors (Lipinski definition) is 2. The minimum Gasteiger partial charge on any atom is -0.466 e. The van der Waals surface area contributed by atoms with Gasteiger partial charge in [0.1, 0.15) is 5.75 Å². The van der Waals surface area contributed by atoms with Gasteiger partial charge in [0.05, 0.1) is 6.26 Å². The van der Waals surface area contributed by atoms with Gasteiger partial charge in [-0.15, -0.1) is 0 Å². The molecule has 0 aliphatic heterocycles. The van der Waals surface area contributed by atoms with Gasteiger partial charge in [-0.3, -0.25) is 0 Å². The first-order chi connectivity index (χ1) is 5.74. The van der Waals surface area contributed by atoms with Gasteiger partial charge in [0.2, 0.25) is 0 Å². The fourth-order valence-electron chi connectivity index (χ4n) is 0.815. The molecule has 0 atom stereocenters. The van der Waals surface area contributed by atoms with Crippen molar-refractivity contribution in [1.82, 2.24) is 0 Å². The van der Waals surface area contributed by atoms with Crippen LogP contribution in [0, 0.1) is 0 Å². The lowest BCUT2D eigenvalue weighted by Crippen LogP contribution is -2.29. The Morgan fingerprint density at radius 2 is 1.83 bits per heavy atom. The average molecular weight is 164 g/mol. The predicted octanol–water partition coefficient (Wildman–Crippen LogP) is -0.111. The summed E-state index contributed by atoms with van der Waals surface area (Å²) < 4.78 is 4.94. The molecule has 2 N–H and O–H groups in total. The van der Waals surface area contributed by atoms with Crippen molar-refractivity contribution in [3.05, 3.63) is 37.1 Å². The zero-order chi connectivity index (χ0) is 8.97. The average Bonchev–Trinajstić information content (AvgIpc) is 2.06. The zero-order valence-corrected chi connectivity index (χ0v) is 6.47. The van der Waals surface area contributed by atoms with Crippen LogP contribution in [0.3, 0.4) is 0 Å². The molecule has 0 aromatic heterocycles. The molecule has 0 heterocycles. The molecule has 1 aromatic carbocycles. The van der Waals surface area contributed by atoms with Crippen LogP contribution in [0.5, 0.6) is 5.75 Å². The van der Waals surface area contributed by atoms with Crippen molar-refractivity contribution in [2.45, 2.75) is 0 Å². The smallest absolute Gasteiger partial charge is 0.466 e. The number of ether oxygens (including phenoxy) is 1. The van der Waals surface area contributed by atoms with Gasteiger partial charge < -0.3 is 14.8 Å². The lowest BCUT2D eigenvalue weighted by Gasteiger charge is -2.01. The van der Waals surface area contributed by atoms with E-state index < -0.39 is 7.12 Å².